The molecular weight excluding hydrogens is 218 g/mol. The van der Waals surface area contributed by atoms with Gasteiger partial charge in [0.1, 0.15) is 5.75 Å². The van der Waals surface area contributed by atoms with Crippen LogP contribution in [-0.4, -0.2) is 24.2 Å². The molecule has 4 nitrogen and oxygen atoms in total. The van der Waals surface area contributed by atoms with Gasteiger partial charge in [0.05, 0.1) is 0 Å². The fourth-order valence-corrected chi connectivity index (χ4v) is 1.42. The summed E-state index contributed by atoms with van der Waals surface area (Å²) < 4.78 is 5.11. The summed E-state index contributed by atoms with van der Waals surface area (Å²) in [5, 5.41) is 11.8. The fraction of sp³-hybridized carbons (Fsp3) is 0.462. The number of aliphatic carboxylic acids is 1. The second-order valence-corrected chi connectivity index (χ2v) is 3.86. The van der Waals surface area contributed by atoms with Gasteiger partial charge in [0.15, 0.2) is 6.61 Å². The van der Waals surface area contributed by atoms with Crippen molar-refractivity contribution in [1.29, 1.82) is 0 Å². The molecule has 0 heterocycles. The zero-order valence-electron chi connectivity index (χ0n) is 10.1. The van der Waals surface area contributed by atoms with Crippen molar-refractivity contribution in [3.63, 3.8) is 0 Å². The number of ether oxygens (including phenoxy) is 1. The summed E-state index contributed by atoms with van der Waals surface area (Å²) >= 11 is 0. The van der Waals surface area contributed by atoms with E-state index in [2.05, 4.69) is 12.2 Å². The molecule has 1 aromatic rings. The molecule has 0 fully saturated rings. The number of carboxylic acids is 1. The summed E-state index contributed by atoms with van der Waals surface area (Å²) in [6.45, 7) is 3.63. The van der Waals surface area contributed by atoms with Crippen LogP contribution in [0, 0.1) is 0 Å². The Hall–Kier alpha value is -1.55. The van der Waals surface area contributed by atoms with Gasteiger partial charge >= 0.3 is 5.97 Å². The zero-order valence-corrected chi connectivity index (χ0v) is 10.1. The summed E-state index contributed by atoms with van der Waals surface area (Å²) in [4.78, 5) is 10.4. The van der Waals surface area contributed by atoms with Gasteiger partial charge in [-0.25, -0.2) is 4.79 Å². The molecule has 1 aromatic carbocycles. The normalized spacial score (nSPS) is 10.2. The maximum absolute atomic E-state index is 10.4. The maximum Gasteiger partial charge on any atom is 0.341 e. The number of benzene rings is 1. The molecule has 17 heavy (non-hydrogen) atoms. The van der Waals surface area contributed by atoms with Crippen LogP contribution in [0.2, 0.25) is 0 Å². The van der Waals surface area contributed by atoms with Gasteiger partial charge in [-0.15, -0.1) is 0 Å². The molecule has 0 aliphatic heterocycles. The summed E-state index contributed by atoms with van der Waals surface area (Å²) in [6.07, 6.45) is 2.34. The van der Waals surface area contributed by atoms with Crippen LogP contribution in [0.3, 0.4) is 0 Å². The van der Waals surface area contributed by atoms with E-state index in [1.807, 2.05) is 18.2 Å². The Morgan fingerprint density at radius 2 is 2.29 bits per heavy atom. The standard InChI is InChI=1S/C13H19NO3/c1-2-3-7-14-9-11-5-4-6-12(8-11)17-10-13(15)16/h4-6,8,14H,2-3,7,9-10H2,1H3,(H,15,16). The average molecular weight is 237 g/mol. The highest BCUT2D eigenvalue weighted by Gasteiger charge is 2.00. The lowest BCUT2D eigenvalue weighted by molar-refractivity contribution is -0.139. The number of carboxylic acid groups (broad SMARTS) is 1. The average Bonchev–Trinajstić information content (AvgIpc) is 2.33. The largest absolute Gasteiger partial charge is 0.482 e. The Balaban J connectivity index is 2.39. The van der Waals surface area contributed by atoms with Crippen LogP contribution >= 0.6 is 0 Å². The van der Waals surface area contributed by atoms with Gasteiger partial charge < -0.3 is 15.2 Å². The molecule has 0 spiro atoms. The number of unbranched alkanes of at least 4 members (excludes halogenated alkanes) is 1. The zero-order chi connectivity index (χ0) is 12.5. The van der Waals surface area contributed by atoms with Crippen LogP contribution in [0.4, 0.5) is 0 Å². The van der Waals surface area contributed by atoms with Crippen molar-refractivity contribution in [1.82, 2.24) is 5.32 Å². The van der Waals surface area contributed by atoms with Crippen LogP contribution in [-0.2, 0) is 11.3 Å². The number of carbonyl (C=O) groups is 1. The highest BCUT2D eigenvalue weighted by atomic mass is 16.5. The van der Waals surface area contributed by atoms with Crippen molar-refractivity contribution in [2.75, 3.05) is 13.2 Å². The topological polar surface area (TPSA) is 58.6 Å². The summed E-state index contributed by atoms with van der Waals surface area (Å²) in [5.74, 6) is -0.362. The van der Waals surface area contributed by atoms with Crippen molar-refractivity contribution in [2.45, 2.75) is 26.3 Å². The first-order valence-corrected chi connectivity index (χ1v) is 5.86. The Bertz CT molecular complexity index is 352. The van der Waals surface area contributed by atoms with E-state index in [0.29, 0.717) is 5.75 Å². The maximum atomic E-state index is 10.4. The molecule has 0 atom stereocenters. The van der Waals surface area contributed by atoms with Gasteiger partial charge in [-0.2, -0.15) is 0 Å². The molecule has 2 N–H and O–H groups in total. The Morgan fingerprint density at radius 3 is 3.00 bits per heavy atom. The van der Waals surface area contributed by atoms with Gasteiger partial charge in [-0.05, 0) is 30.7 Å². The van der Waals surface area contributed by atoms with Crippen molar-refractivity contribution in [3.8, 4) is 5.75 Å². The predicted molar refractivity (Wildman–Crippen MR) is 66.2 cm³/mol. The molecule has 0 radical (unpaired) electrons. The van der Waals surface area contributed by atoms with E-state index in [1.54, 1.807) is 6.07 Å². The second-order valence-electron chi connectivity index (χ2n) is 3.86. The van der Waals surface area contributed by atoms with E-state index >= 15 is 0 Å². The minimum atomic E-state index is -0.962. The predicted octanol–water partition coefficient (Wildman–Crippen LogP) is 2.04. The number of hydrogen-bond donors (Lipinski definition) is 2. The molecule has 1 rings (SSSR count). The van der Waals surface area contributed by atoms with Crippen LogP contribution in [0.15, 0.2) is 24.3 Å². The number of rotatable bonds is 8. The quantitative estimate of drug-likeness (QED) is 0.679. The Morgan fingerprint density at radius 1 is 1.47 bits per heavy atom. The molecule has 0 aliphatic carbocycles. The third-order valence-corrected chi connectivity index (χ3v) is 2.30. The van der Waals surface area contributed by atoms with E-state index < -0.39 is 5.97 Å². The van der Waals surface area contributed by atoms with Crippen LogP contribution in [0.1, 0.15) is 25.3 Å². The third kappa shape index (κ3) is 5.92. The van der Waals surface area contributed by atoms with E-state index in [0.717, 1.165) is 25.1 Å². The lowest BCUT2D eigenvalue weighted by atomic mass is 10.2. The first-order valence-electron chi connectivity index (χ1n) is 5.86. The molecule has 0 bridgehead atoms. The van der Waals surface area contributed by atoms with Crippen molar-refractivity contribution in [3.05, 3.63) is 29.8 Å². The molecule has 0 aromatic heterocycles. The van der Waals surface area contributed by atoms with Gasteiger partial charge in [-0.1, -0.05) is 25.5 Å². The molecule has 94 valence electrons. The highest BCUT2D eigenvalue weighted by molar-refractivity contribution is 5.68. The first-order chi connectivity index (χ1) is 8.22. The van der Waals surface area contributed by atoms with Crippen molar-refractivity contribution >= 4 is 5.97 Å². The minimum absolute atomic E-state index is 0.299. The van der Waals surface area contributed by atoms with Crippen LogP contribution < -0.4 is 10.1 Å². The van der Waals surface area contributed by atoms with Crippen LogP contribution in [0.5, 0.6) is 5.75 Å². The minimum Gasteiger partial charge on any atom is -0.482 e. The fourth-order valence-electron chi connectivity index (χ4n) is 1.42. The highest BCUT2D eigenvalue weighted by Crippen LogP contribution is 2.13. The molecule has 0 saturated carbocycles. The van der Waals surface area contributed by atoms with Crippen molar-refractivity contribution in [2.24, 2.45) is 0 Å². The van der Waals surface area contributed by atoms with Gasteiger partial charge in [-0.3, -0.25) is 0 Å². The van der Waals surface area contributed by atoms with Crippen LogP contribution in [0.25, 0.3) is 0 Å². The summed E-state index contributed by atoms with van der Waals surface area (Å²) in [6, 6.07) is 7.49. The molecule has 0 aliphatic rings. The van der Waals surface area contributed by atoms with Crippen molar-refractivity contribution < 1.29 is 14.6 Å². The molecule has 0 amide bonds. The first kappa shape index (κ1) is 13.5. The van der Waals surface area contributed by atoms with E-state index in [1.165, 1.54) is 6.42 Å². The molecular formula is C13H19NO3. The lowest BCUT2D eigenvalue weighted by Gasteiger charge is -2.07. The smallest absolute Gasteiger partial charge is 0.341 e. The lowest BCUT2D eigenvalue weighted by Crippen LogP contribution is -2.14. The SMILES string of the molecule is CCCCNCc1cccc(OCC(=O)O)c1. The Labute approximate surface area is 102 Å². The summed E-state index contributed by atoms with van der Waals surface area (Å²) in [7, 11) is 0. The van der Waals surface area contributed by atoms with Gasteiger partial charge in [0.2, 0.25) is 0 Å². The van der Waals surface area contributed by atoms with E-state index in [9.17, 15) is 4.79 Å². The molecule has 0 saturated heterocycles. The molecule has 0 unspecified atom stereocenters. The molecule has 4 heteroatoms. The third-order valence-electron chi connectivity index (χ3n) is 2.30. The van der Waals surface area contributed by atoms with Gasteiger partial charge in [0, 0.05) is 6.54 Å². The van der Waals surface area contributed by atoms with E-state index in [-0.39, 0.29) is 6.61 Å². The second kappa shape index (κ2) is 7.68. The van der Waals surface area contributed by atoms with Gasteiger partial charge in [0.25, 0.3) is 0 Å². The monoisotopic (exact) mass is 237 g/mol. The number of hydrogen-bond acceptors (Lipinski definition) is 3. The van der Waals surface area contributed by atoms with E-state index in [4.69, 9.17) is 9.84 Å². The summed E-state index contributed by atoms with van der Waals surface area (Å²) in [5.41, 5.74) is 1.10. The number of nitrogens with one attached hydrogen (secondary N) is 1. The Kier molecular flexibility index (Phi) is 6.10.